The lowest BCUT2D eigenvalue weighted by Gasteiger charge is -2.20. The fourth-order valence-electron chi connectivity index (χ4n) is 2.92. The van der Waals surface area contributed by atoms with Crippen LogP contribution >= 0.6 is 0 Å². The van der Waals surface area contributed by atoms with E-state index < -0.39 is 0 Å². The highest BCUT2D eigenvalue weighted by Gasteiger charge is 2.26. The molecule has 0 aliphatic heterocycles. The Morgan fingerprint density at radius 1 is 1.32 bits per heavy atom. The summed E-state index contributed by atoms with van der Waals surface area (Å²) in [6, 6.07) is 9.66. The summed E-state index contributed by atoms with van der Waals surface area (Å²) in [5.41, 5.74) is 2.15. The third-order valence-corrected chi connectivity index (χ3v) is 4.60. The zero-order chi connectivity index (χ0) is 17.2. The number of nitrogens with one attached hydrogen (secondary N) is 1. The largest absolute Gasteiger partial charge is 0.339 e. The highest BCUT2D eigenvalue weighted by Crippen LogP contribution is 2.35. The van der Waals surface area contributed by atoms with E-state index in [-0.39, 0.29) is 5.91 Å². The smallest absolute Gasteiger partial charge is 0.257 e. The Hall–Kier alpha value is -2.96. The van der Waals surface area contributed by atoms with Crippen LogP contribution in [-0.2, 0) is 6.54 Å². The minimum absolute atomic E-state index is 0.136. The molecule has 0 radical (unpaired) electrons. The van der Waals surface area contributed by atoms with Gasteiger partial charge in [0.2, 0.25) is 5.89 Å². The molecule has 2 heterocycles. The maximum atomic E-state index is 12.8. The molecule has 0 saturated heterocycles. The van der Waals surface area contributed by atoms with Gasteiger partial charge in [0.05, 0.1) is 24.0 Å². The summed E-state index contributed by atoms with van der Waals surface area (Å²) in [6.45, 7) is 0.300. The van der Waals surface area contributed by atoms with E-state index >= 15 is 0 Å². The standard InChI is InChI=1S/C18H19N5O2/c1-23(11-15-20-17(25-22-15)13-8-5-9-13)18(24)14-10-19-21-16(14)12-6-3-2-4-7-12/h2-4,6-7,10,13H,5,8-9,11H2,1H3,(H,19,21). The number of hydrogen-bond donors (Lipinski definition) is 1. The molecule has 1 fully saturated rings. The molecular weight excluding hydrogens is 318 g/mol. The zero-order valence-corrected chi connectivity index (χ0v) is 14.0. The van der Waals surface area contributed by atoms with Crippen molar-refractivity contribution < 1.29 is 9.32 Å². The second-order valence-electron chi connectivity index (χ2n) is 6.36. The van der Waals surface area contributed by atoms with Crippen LogP contribution in [0.2, 0.25) is 0 Å². The number of rotatable bonds is 5. The van der Waals surface area contributed by atoms with Gasteiger partial charge in [-0.1, -0.05) is 41.9 Å². The van der Waals surface area contributed by atoms with Crippen LogP contribution in [0.5, 0.6) is 0 Å². The van der Waals surface area contributed by atoms with E-state index in [2.05, 4.69) is 20.3 Å². The number of carbonyl (C=O) groups is 1. The normalized spacial score (nSPS) is 14.3. The minimum atomic E-state index is -0.136. The molecule has 1 aliphatic carbocycles. The summed E-state index contributed by atoms with van der Waals surface area (Å²) in [4.78, 5) is 18.8. The molecule has 0 unspecified atom stereocenters. The Bertz CT molecular complexity index is 866. The fourth-order valence-corrected chi connectivity index (χ4v) is 2.92. The van der Waals surface area contributed by atoms with Gasteiger partial charge in [0, 0.05) is 18.5 Å². The van der Waals surface area contributed by atoms with Crippen molar-refractivity contribution in [2.24, 2.45) is 0 Å². The number of nitrogens with zero attached hydrogens (tertiary/aromatic N) is 4. The topological polar surface area (TPSA) is 87.9 Å². The van der Waals surface area contributed by atoms with Crippen LogP contribution in [0.15, 0.2) is 41.1 Å². The van der Waals surface area contributed by atoms with Crippen LogP contribution in [0.25, 0.3) is 11.3 Å². The molecule has 25 heavy (non-hydrogen) atoms. The lowest BCUT2D eigenvalue weighted by Crippen LogP contribution is -2.27. The highest BCUT2D eigenvalue weighted by atomic mass is 16.5. The lowest BCUT2D eigenvalue weighted by molar-refractivity contribution is 0.0781. The number of hydrogen-bond acceptors (Lipinski definition) is 5. The van der Waals surface area contributed by atoms with Gasteiger partial charge >= 0.3 is 0 Å². The number of aromatic nitrogens is 4. The highest BCUT2D eigenvalue weighted by molar-refractivity contribution is 5.99. The lowest BCUT2D eigenvalue weighted by atomic mass is 9.85. The predicted molar refractivity (Wildman–Crippen MR) is 90.7 cm³/mol. The van der Waals surface area contributed by atoms with E-state index in [4.69, 9.17) is 4.52 Å². The van der Waals surface area contributed by atoms with E-state index in [0.29, 0.717) is 35.4 Å². The summed E-state index contributed by atoms with van der Waals surface area (Å²) < 4.78 is 5.32. The average molecular weight is 337 g/mol. The Balaban J connectivity index is 1.49. The van der Waals surface area contributed by atoms with Crippen molar-refractivity contribution in [2.45, 2.75) is 31.7 Å². The Morgan fingerprint density at radius 2 is 2.12 bits per heavy atom. The first kappa shape index (κ1) is 15.6. The van der Waals surface area contributed by atoms with Crippen molar-refractivity contribution in [3.63, 3.8) is 0 Å². The Morgan fingerprint density at radius 3 is 2.84 bits per heavy atom. The van der Waals surface area contributed by atoms with Crippen molar-refractivity contribution in [1.29, 1.82) is 0 Å². The molecule has 1 saturated carbocycles. The maximum Gasteiger partial charge on any atom is 0.257 e. The first-order chi connectivity index (χ1) is 12.2. The molecular formula is C18H19N5O2. The van der Waals surface area contributed by atoms with Gasteiger partial charge < -0.3 is 9.42 Å². The molecule has 0 bridgehead atoms. The van der Waals surface area contributed by atoms with E-state index in [1.54, 1.807) is 18.1 Å². The van der Waals surface area contributed by atoms with Gasteiger partial charge in [-0.25, -0.2) is 0 Å². The summed E-state index contributed by atoms with van der Waals surface area (Å²) in [7, 11) is 1.73. The van der Waals surface area contributed by atoms with Crippen molar-refractivity contribution in [1.82, 2.24) is 25.2 Å². The third kappa shape index (κ3) is 3.05. The van der Waals surface area contributed by atoms with Gasteiger partial charge in [-0.2, -0.15) is 10.1 Å². The SMILES string of the molecule is CN(Cc1noc(C2CCC2)n1)C(=O)c1cn[nH]c1-c1ccccc1. The van der Waals surface area contributed by atoms with Crippen molar-refractivity contribution in [2.75, 3.05) is 7.05 Å². The number of aromatic amines is 1. The van der Waals surface area contributed by atoms with Crippen LogP contribution in [-0.4, -0.2) is 38.2 Å². The number of amides is 1. The second-order valence-corrected chi connectivity index (χ2v) is 6.36. The average Bonchev–Trinajstić information content (AvgIpc) is 3.23. The number of benzene rings is 1. The minimum Gasteiger partial charge on any atom is -0.339 e. The monoisotopic (exact) mass is 337 g/mol. The van der Waals surface area contributed by atoms with Gasteiger partial charge in [0.25, 0.3) is 5.91 Å². The molecule has 7 heteroatoms. The van der Waals surface area contributed by atoms with Crippen LogP contribution in [0.4, 0.5) is 0 Å². The molecule has 4 rings (SSSR count). The molecule has 1 aromatic carbocycles. The summed E-state index contributed by atoms with van der Waals surface area (Å²) >= 11 is 0. The second kappa shape index (κ2) is 6.51. The molecule has 7 nitrogen and oxygen atoms in total. The molecule has 1 N–H and O–H groups in total. The molecule has 0 spiro atoms. The summed E-state index contributed by atoms with van der Waals surface area (Å²) in [5, 5.41) is 10.9. The summed E-state index contributed by atoms with van der Waals surface area (Å²) in [5.74, 6) is 1.47. The van der Waals surface area contributed by atoms with Gasteiger partial charge in [-0.05, 0) is 12.8 Å². The van der Waals surface area contributed by atoms with E-state index in [0.717, 1.165) is 18.4 Å². The third-order valence-electron chi connectivity index (χ3n) is 4.60. The molecule has 0 atom stereocenters. The number of carbonyl (C=O) groups excluding carboxylic acids is 1. The first-order valence-corrected chi connectivity index (χ1v) is 8.39. The molecule has 3 aromatic rings. The van der Waals surface area contributed by atoms with Crippen molar-refractivity contribution >= 4 is 5.91 Å². The molecule has 1 aliphatic rings. The van der Waals surface area contributed by atoms with E-state index in [1.807, 2.05) is 30.3 Å². The van der Waals surface area contributed by atoms with Crippen molar-refractivity contribution in [3.05, 3.63) is 53.8 Å². The van der Waals surface area contributed by atoms with Crippen molar-refractivity contribution in [3.8, 4) is 11.3 Å². The summed E-state index contributed by atoms with van der Waals surface area (Å²) in [6.07, 6.45) is 4.97. The van der Waals surface area contributed by atoms with Gasteiger partial charge in [-0.3, -0.25) is 9.89 Å². The Kier molecular flexibility index (Phi) is 4.05. The Labute approximate surface area is 145 Å². The van der Waals surface area contributed by atoms with E-state index in [1.165, 1.54) is 6.42 Å². The maximum absolute atomic E-state index is 12.8. The predicted octanol–water partition coefficient (Wildman–Crippen LogP) is 3.00. The van der Waals surface area contributed by atoms with Crippen LogP contribution in [0, 0.1) is 0 Å². The van der Waals surface area contributed by atoms with E-state index in [9.17, 15) is 4.79 Å². The van der Waals surface area contributed by atoms with Gasteiger partial charge in [-0.15, -0.1) is 0 Å². The first-order valence-electron chi connectivity index (χ1n) is 8.39. The fraction of sp³-hybridized carbons (Fsp3) is 0.333. The molecule has 1 amide bonds. The van der Waals surface area contributed by atoms with Crippen LogP contribution in [0.1, 0.15) is 47.3 Å². The van der Waals surface area contributed by atoms with Crippen LogP contribution in [0.3, 0.4) is 0 Å². The zero-order valence-electron chi connectivity index (χ0n) is 14.0. The quantitative estimate of drug-likeness (QED) is 0.773. The number of H-pyrrole nitrogens is 1. The van der Waals surface area contributed by atoms with Gasteiger partial charge in [0.15, 0.2) is 5.82 Å². The molecule has 128 valence electrons. The molecule has 2 aromatic heterocycles. The van der Waals surface area contributed by atoms with Crippen LogP contribution < -0.4 is 0 Å². The van der Waals surface area contributed by atoms with Gasteiger partial charge in [0.1, 0.15) is 0 Å².